The van der Waals surface area contributed by atoms with Gasteiger partial charge in [-0.05, 0) is 35.7 Å². The Labute approximate surface area is 175 Å². The monoisotopic (exact) mass is 407 g/mol. The third-order valence-electron chi connectivity index (χ3n) is 3.69. The molecule has 0 saturated heterocycles. The molecule has 0 aliphatic heterocycles. The summed E-state index contributed by atoms with van der Waals surface area (Å²) in [5.74, 6) is 0.754. The minimum atomic E-state index is 0.197. The van der Waals surface area contributed by atoms with Crippen molar-refractivity contribution in [3.63, 3.8) is 0 Å². The van der Waals surface area contributed by atoms with Crippen molar-refractivity contribution >= 4 is 28.7 Å². The van der Waals surface area contributed by atoms with Gasteiger partial charge in [0.1, 0.15) is 11.3 Å². The van der Waals surface area contributed by atoms with Crippen LogP contribution in [0.4, 0.5) is 0 Å². The Morgan fingerprint density at radius 1 is 0.966 bits per heavy atom. The van der Waals surface area contributed by atoms with E-state index in [4.69, 9.17) is 0 Å². The molecule has 0 amide bonds. The van der Waals surface area contributed by atoms with Gasteiger partial charge in [-0.1, -0.05) is 34.1 Å². The first-order valence-electron chi connectivity index (χ1n) is 9.60. The van der Waals surface area contributed by atoms with Crippen LogP contribution in [0.5, 0.6) is 5.75 Å². The van der Waals surface area contributed by atoms with Gasteiger partial charge in [0.05, 0.1) is 11.7 Å². The highest BCUT2D eigenvalue weighted by Crippen LogP contribution is 2.28. The maximum Gasteiger partial charge on any atom is 0.159 e. The van der Waals surface area contributed by atoms with Crippen molar-refractivity contribution in [1.82, 2.24) is 15.0 Å². The summed E-state index contributed by atoms with van der Waals surface area (Å²) in [5.41, 5.74) is 4.55. The van der Waals surface area contributed by atoms with Crippen LogP contribution in [0.1, 0.15) is 44.5 Å². The molecule has 0 spiro atoms. The number of fused-ring (bicyclic) bond motifs is 1. The SMILES string of the molecule is CC.CCC.O=Cc1cscc1-c1cnc2cnc(-c3ccc(O)cc3)nc2c1. The maximum atomic E-state index is 11.1. The summed E-state index contributed by atoms with van der Waals surface area (Å²) < 4.78 is 0. The first kappa shape index (κ1) is 22.2. The third-order valence-corrected chi connectivity index (χ3v) is 4.45. The number of hydrogen-bond acceptors (Lipinski definition) is 6. The van der Waals surface area contributed by atoms with Gasteiger partial charge in [0.15, 0.2) is 12.1 Å². The van der Waals surface area contributed by atoms with Crippen LogP contribution in [0, 0.1) is 0 Å². The molecule has 0 bridgehead atoms. The highest BCUT2D eigenvalue weighted by Gasteiger charge is 2.09. The maximum absolute atomic E-state index is 11.1. The molecule has 6 heteroatoms. The van der Waals surface area contributed by atoms with Crippen molar-refractivity contribution in [2.24, 2.45) is 0 Å². The fourth-order valence-corrected chi connectivity index (χ4v) is 3.25. The average molecular weight is 408 g/mol. The predicted octanol–water partition coefficient (Wildman–Crippen LogP) is 6.38. The van der Waals surface area contributed by atoms with Gasteiger partial charge in [-0.25, -0.2) is 9.97 Å². The standard InChI is InChI=1S/C18H11N3O2S.C3H8.C2H6/c22-8-13-9-24-10-15(13)12-5-16-17(19-6-12)7-20-18(21-16)11-1-3-14(23)4-2-11;1-3-2;1-2/h1-10,23H;3H2,1-2H3;1-2H3. The van der Waals surface area contributed by atoms with Crippen molar-refractivity contribution < 1.29 is 9.90 Å². The molecule has 4 aromatic rings. The second-order valence-corrected chi connectivity index (χ2v) is 6.68. The molecule has 150 valence electrons. The lowest BCUT2D eigenvalue weighted by Crippen LogP contribution is -1.92. The molecule has 1 N–H and O–H groups in total. The number of aromatic nitrogens is 3. The molecule has 3 heterocycles. The molecule has 0 unspecified atom stereocenters. The average Bonchev–Trinajstić information content (AvgIpc) is 3.24. The van der Waals surface area contributed by atoms with Gasteiger partial charge in [-0.3, -0.25) is 9.78 Å². The van der Waals surface area contributed by atoms with Gasteiger partial charge >= 0.3 is 0 Å². The lowest BCUT2D eigenvalue weighted by Gasteiger charge is -2.05. The molecule has 0 aliphatic rings. The quantitative estimate of drug-likeness (QED) is 0.399. The molecule has 0 atom stereocenters. The largest absolute Gasteiger partial charge is 0.508 e. The molecule has 5 nitrogen and oxygen atoms in total. The van der Waals surface area contributed by atoms with Crippen molar-refractivity contribution in [2.75, 3.05) is 0 Å². The molecule has 0 aliphatic carbocycles. The van der Waals surface area contributed by atoms with E-state index in [-0.39, 0.29) is 5.75 Å². The van der Waals surface area contributed by atoms with Gasteiger partial charge in [0.25, 0.3) is 0 Å². The van der Waals surface area contributed by atoms with Crippen molar-refractivity contribution in [1.29, 1.82) is 0 Å². The van der Waals surface area contributed by atoms with Crippen LogP contribution in [0.15, 0.2) is 53.5 Å². The van der Waals surface area contributed by atoms with Gasteiger partial charge in [-0.2, -0.15) is 11.3 Å². The van der Waals surface area contributed by atoms with Crippen LogP contribution in [-0.4, -0.2) is 26.3 Å². The fourth-order valence-electron chi connectivity index (χ4n) is 2.45. The Morgan fingerprint density at radius 2 is 1.66 bits per heavy atom. The van der Waals surface area contributed by atoms with Crippen LogP contribution in [0.3, 0.4) is 0 Å². The summed E-state index contributed by atoms with van der Waals surface area (Å²) in [4.78, 5) is 24.4. The third kappa shape index (κ3) is 5.45. The number of phenolic OH excluding ortho intramolecular Hbond substituents is 1. The second-order valence-electron chi connectivity index (χ2n) is 5.93. The topological polar surface area (TPSA) is 76.0 Å². The van der Waals surface area contributed by atoms with Crippen LogP contribution >= 0.6 is 11.3 Å². The van der Waals surface area contributed by atoms with E-state index in [1.807, 2.05) is 30.7 Å². The number of hydrogen-bond donors (Lipinski definition) is 1. The molecule has 0 fully saturated rings. The minimum Gasteiger partial charge on any atom is -0.508 e. The van der Waals surface area contributed by atoms with Crippen molar-refractivity contribution in [3.8, 4) is 28.3 Å². The van der Waals surface area contributed by atoms with E-state index in [9.17, 15) is 9.90 Å². The zero-order valence-electron chi connectivity index (χ0n) is 17.1. The summed E-state index contributed by atoms with van der Waals surface area (Å²) in [5, 5.41) is 13.1. The smallest absolute Gasteiger partial charge is 0.159 e. The van der Waals surface area contributed by atoms with Crippen molar-refractivity contribution in [3.05, 3.63) is 59.0 Å². The van der Waals surface area contributed by atoms with E-state index < -0.39 is 0 Å². The molecule has 4 rings (SSSR count). The highest BCUT2D eigenvalue weighted by atomic mass is 32.1. The number of rotatable bonds is 3. The van der Waals surface area contributed by atoms with Crippen LogP contribution in [0.2, 0.25) is 0 Å². The molecule has 0 radical (unpaired) electrons. The Hall–Kier alpha value is -3.12. The number of carbonyl (C=O) groups is 1. The summed E-state index contributed by atoms with van der Waals surface area (Å²) >= 11 is 1.48. The molecule has 29 heavy (non-hydrogen) atoms. The summed E-state index contributed by atoms with van der Waals surface area (Å²) in [6.07, 6.45) is 5.49. The van der Waals surface area contributed by atoms with Crippen molar-refractivity contribution in [2.45, 2.75) is 34.1 Å². The van der Waals surface area contributed by atoms with E-state index >= 15 is 0 Å². The highest BCUT2D eigenvalue weighted by molar-refractivity contribution is 7.08. The Balaban J connectivity index is 0.000000551. The van der Waals surface area contributed by atoms with E-state index in [2.05, 4.69) is 28.8 Å². The molecule has 3 aromatic heterocycles. The molecule has 0 saturated carbocycles. The number of carbonyl (C=O) groups excluding carboxylic acids is 1. The zero-order valence-corrected chi connectivity index (χ0v) is 17.9. The van der Waals surface area contributed by atoms with E-state index in [1.165, 1.54) is 17.8 Å². The fraction of sp³-hybridized carbons (Fsp3) is 0.217. The second kappa shape index (κ2) is 11.0. The number of thiophene rings is 1. The van der Waals surface area contributed by atoms with E-state index in [1.54, 1.807) is 36.7 Å². The van der Waals surface area contributed by atoms with E-state index in [0.717, 1.165) is 23.0 Å². The number of aldehydes is 1. The molecular formula is C23H25N3O2S. The predicted molar refractivity (Wildman–Crippen MR) is 120 cm³/mol. The van der Waals surface area contributed by atoms with E-state index in [0.29, 0.717) is 22.4 Å². The number of benzene rings is 1. The van der Waals surface area contributed by atoms with Gasteiger partial charge in [0.2, 0.25) is 0 Å². The summed E-state index contributed by atoms with van der Waals surface area (Å²) in [6.45, 7) is 8.25. The van der Waals surface area contributed by atoms with Gasteiger partial charge < -0.3 is 5.11 Å². The van der Waals surface area contributed by atoms with Crippen LogP contribution < -0.4 is 0 Å². The molecule has 1 aromatic carbocycles. The van der Waals surface area contributed by atoms with Crippen LogP contribution in [-0.2, 0) is 0 Å². The normalized spacial score (nSPS) is 9.79. The summed E-state index contributed by atoms with van der Waals surface area (Å²) in [6, 6.07) is 8.62. The zero-order chi connectivity index (χ0) is 21.2. The summed E-state index contributed by atoms with van der Waals surface area (Å²) in [7, 11) is 0. The number of aromatic hydroxyl groups is 1. The van der Waals surface area contributed by atoms with Crippen LogP contribution in [0.25, 0.3) is 33.5 Å². The Morgan fingerprint density at radius 3 is 2.31 bits per heavy atom. The number of pyridine rings is 1. The lowest BCUT2D eigenvalue weighted by atomic mass is 10.1. The number of nitrogens with zero attached hydrogens (tertiary/aromatic N) is 3. The van der Waals surface area contributed by atoms with Gasteiger partial charge in [0, 0.05) is 33.8 Å². The first-order valence-corrected chi connectivity index (χ1v) is 10.5. The Bertz CT molecular complexity index is 1060. The number of phenols is 1. The molecular weight excluding hydrogens is 382 g/mol. The van der Waals surface area contributed by atoms with Gasteiger partial charge in [-0.15, -0.1) is 0 Å². The minimum absolute atomic E-state index is 0.197. The lowest BCUT2D eigenvalue weighted by molar-refractivity contribution is 0.112. The first-order chi connectivity index (χ1) is 14.2. The Kier molecular flexibility index (Phi) is 8.43.